The minimum atomic E-state index is 0.101. The quantitative estimate of drug-likeness (QED) is 0.855. The average molecular weight is 311 g/mol. The van der Waals surface area contributed by atoms with Crippen molar-refractivity contribution in [1.82, 2.24) is 9.88 Å². The van der Waals surface area contributed by atoms with Crippen LogP contribution in [0.4, 0.5) is 5.69 Å². The molecule has 0 aliphatic heterocycles. The third-order valence-electron chi connectivity index (χ3n) is 4.07. The number of pyridine rings is 1. The molecule has 1 aromatic heterocycles. The molecule has 0 fully saturated rings. The Morgan fingerprint density at radius 3 is 2.65 bits per heavy atom. The molecule has 0 saturated carbocycles. The maximum Gasteiger partial charge on any atom is 0.241 e. The topological polar surface area (TPSA) is 45.2 Å². The summed E-state index contributed by atoms with van der Waals surface area (Å²) in [6.07, 6.45) is 5.36. The van der Waals surface area contributed by atoms with Crippen LogP contribution in [0.1, 0.15) is 23.6 Å². The van der Waals surface area contributed by atoms with Gasteiger partial charge in [0, 0.05) is 31.7 Å². The van der Waals surface area contributed by atoms with Gasteiger partial charge in [-0.15, -0.1) is 0 Å². The van der Waals surface area contributed by atoms with Crippen molar-refractivity contribution in [3.05, 3.63) is 59.4 Å². The molecule has 1 amide bonds. The number of hydrogen-bond acceptors (Lipinski definition) is 3. The molecule has 0 radical (unpaired) electrons. The third-order valence-corrected chi connectivity index (χ3v) is 4.07. The Labute approximate surface area is 138 Å². The number of benzene rings is 1. The number of para-hydroxylation sites is 1. The van der Waals surface area contributed by atoms with Gasteiger partial charge in [-0.05, 0) is 48.6 Å². The van der Waals surface area contributed by atoms with E-state index in [0.717, 1.165) is 18.5 Å². The highest BCUT2D eigenvalue weighted by Gasteiger charge is 2.10. The Morgan fingerprint density at radius 1 is 1.22 bits per heavy atom. The first-order valence-electron chi connectivity index (χ1n) is 8.07. The van der Waals surface area contributed by atoms with Crippen molar-refractivity contribution < 1.29 is 4.79 Å². The lowest BCUT2D eigenvalue weighted by molar-refractivity contribution is -0.127. The van der Waals surface area contributed by atoms with Crippen LogP contribution in [0, 0.1) is 6.92 Å². The zero-order valence-electron chi connectivity index (χ0n) is 14.2. The van der Waals surface area contributed by atoms with E-state index in [1.807, 2.05) is 19.2 Å². The average Bonchev–Trinajstić information content (AvgIpc) is 2.58. The Morgan fingerprint density at radius 2 is 1.96 bits per heavy atom. The molecular formula is C19H25N3O. The number of aromatic nitrogens is 1. The first kappa shape index (κ1) is 17.0. The summed E-state index contributed by atoms with van der Waals surface area (Å²) in [6, 6.07) is 10.2. The van der Waals surface area contributed by atoms with Crippen molar-refractivity contribution in [3.8, 4) is 0 Å². The lowest BCUT2D eigenvalue weighted by Crippen LogP contribution is -2.34. The molecule has 0 aliphatic rings. The summed E-state index contributed by atoms with van der Waals surface area (Å²) in [5.74, 6) is 0.101. The van der Waals surface area contributed by atoms with Crippen molar-refractivity contribution >= 4 is 11.6 Å². The van der Waals surface area contributed by atoms with Gasteiger partial charge in [-0.2, -0.15) is 0 Å². The normalized spacial score (nSPS) is 10.4. The number of anilines is 1. The molecule has 1 aromatic carbocycles. The molecule has 1 heterocycles. The highest BCUT2D eigenvalue weighted by Crippen LogP contribution is 2.20. The third kappa shape index (κ3) is 4.81. The maximum absolute atomic E-state index is 12.3. The summed E-state index contributed by atoms with van der Waals surface area (Å²) in [4.78, 5) is 18.1. The largest absolute Gasteiger partial charge is 0.376 e. The molecule has 4 heteroatoms. The fraction of sp³-hybridized carbons (Fsp3) is 0.368. The minimum Gasteiger partial charge on any atom is -0.376 e. The predicted octanol–water partition coefficient (Wildman–Crippen LogP) is 3.07. The van der Waals surface area contributed by atoms with E-state index in [2.05, 4.69) is 42.3 Å². The van der Waals surface area contributed by atoms with E-state index in [9.17, 15) is 4.79 Å². The van der Waals surface area contributed by atoms with Crippen LogP contribution in [-0.4, -0.2) is 35.9 Å². The molecule has 2 aromatic rings. The highest BCUT2D eigenvalue weighted by molar-refractivity contribution is 5.81. The second-order valence-electron chi connectivity index (χ2n) is 5.74. The van der Waals surface area contributed by atoms with Crippen molar-refractivity contribution in [1.29, 1.82) is 0 Å². The zero-order chi connectivity index (χ0) is 16.7. The Kier molecular flexibility index (Phi) is 6.15. The van der Waals surface area contributed by atoms with E-state index in [1.165, 1.54) is 16.7 Å². The van der Waals surface area contributed by atoms with Gasteiger partial charge >= 0.3 is 0 Å². The Balaban J connectivity index is 1.87. The smallest absolute Gasteiger partial charge is 0.241 e. The highest BCUT2D eigenvalue weighted by atomic mass is 16.2. The van der Waals surface area contributed by atoms with Gasteiger partial charge in [0.1, 0.15) is 0 Å². The van der Waals surface area contributed by atoms with Gasteiger partial charge in [-0.25, -0.2) is 0 Å². The van der Waals surface area contributed by atoms with E-state index in [0.29, 0.717) is 13.1 Å². The Hall–Kier alpha value is -2.36. The molecule has 0 unspecified atom stereocenters. The van der Waals surface area contributed by atoms with Crippen molar-refractivity contribution in [2.75, 3.05) is 25.5 Å². The fourth-order valence-corrected chi connectivity index (χ4v) is 2.55. The van der Waals surface area contributed by atoms with Gasteiger partial charge in [0.2, 0.25) is 5.91 Å². The number of carbonyl (C=O) groups excluding carboxylic acids is 1. The molecule has 122 valence electrons. The lowest BCUT2D eigenvalue weighted by atomic mass is 10.1. The molecule has 0 aliphatic carbocycles. The van der Waals surface area contributed by atoms with Crippen molar-refractivity contribution in [2.24, 2.45) is 0 Å². The summed E-state index contributed by atoms with van der Waals surface area (Å²) in [5.41, 5.74) is 4.71. The standard InChI is InChI=1S/C19H25N3O/c1-4-17-7-5-6-15(2)19(17)21-14-18(23)22(3)13-10-16-8-11-20-12-9-16/h5-9,11-12,21H,4,10,13-14H2,1-3H3. The number of carbonyl (C=O) groups is 1. The monoisotopic (exact) mass is 311 g/mol. The Bertz CT molecular complexity index is 640. The molecule has 2 rings (SSSR count). The number of rotatable bonds is 7. The van der Waals surface area contributed by atoms with E-state index in [-0.39, 0.29) is 5.91 Å². The van der Waals surface area contributed by atoms with Crippen molar-refractivity contribution in [2.45, 2.75) is 26.7 Å². The van der Waals surface area contributed by atoms with Crippen LogP contribution in [0.15, 0.2) is 42.7 Å². The van der Waals surface area contributed by atoms with Gasteiger partial charge in [0.15, 0.2) is 0 Å². The molecule has 0 atom stereocenters. The van der Waals surface area contributed by atoms with Crippen molar-refractivity contribution in [3.63, 3.8) is 0 Å². The fourth-order valence-electron chi connectivity index (χ4n) is 2.55. The number of nitrogens with zero attached hydrogens (tertiary/aromatic N) is 2. The number of likely N-dealkylation sites (N-methyl/N-ethyl adjacent to an activating group) is 1. The van der Waals surface area contributed by atoms with Gasteiger partial charge in [-0.1, -0.05) is 25.1 Å². The van der Waals surface area contributed by atoms with Crippen LogP contribution in [0.5, 0.6) is 0 Å². The van der Waals surface area contributed by atoms with Crippen LogP contribution in [0.25, 0.3) is 0 Å². The SMILES string of the molecule is CCc1cccc(C)c1NCC(=O)N(C)CCc1ccncc1. The molecule has 4 nitrogen and oxygen atoms in total. The zero-order valence-corrected chi connectivity index (χ0v) is 14.2. The molecule has 0 spiro atoms. The molecule has 0 bridgehead atoms. The summed E-state index contributed by atoms with van der Waals surface area (Å²) in [6.45, 7) is 5.23. The van der Waals surface area contributed by atoms with E-state index in [1.54, 1.807) is 17.3 Å². The number of nitrogens with one attached hydrogen (secondary N) is 1. The van der Waals surface area contributed by atoms with Gasteiger partial charge < -0.3 is 10.2 Å². The lowest BCUT2D eigenvalue weighted by Gasteiger charge is -2.19. The molecule has 0 saturated heterocycles. The number of amides is 1. The van der Waals surface area contributed by atoms with Gasteiger partial charge in [0.05, 0.1) is 6.54 Å². The number of aryl methyl sites for hydroxylation is 2. The van der Waals surface area contributed by atoms with Gasteiger partial charge in [-0.3, -0.25) is 9.78 Å². The van der Waals surface area contributed by atoms with E-state index < -0.39 is 0 Å². The summed E-state index contributed by atoms with van der Waals surface area (Å²) in [5, 5.41) is 3.31. The van der Waals surface area contributed by atoms with Crippen LogP contribution >= 0.6 is 0 Å². The second-order valence-corrected chi connectivity index (χ2v) is 5.74. The molecule has 1 N–H and O–H groups in total. The predicted molar refractivity (Wildman–Crippen MR) is 94.6 cm³/mol. The maximum atomic E-state index is 12.3. The molecular weight excluding hydrogens is 286 g/mol. The van der Waals surface area contributed by atoms with E-state index in [4.69, 9.17) is 0 Å². The second kappa shape index (κ2) is 8.32. The summed E-state index contributed by atoms with van der Waals surface area (Å²) in [7, 11) is 1.85. The van der Waals surface area contributed by atoms with Crippen LogP contribution in [0.2, 0.25) is 0 Å². The van der Waals surface area contributed by atoms with E-state index >= 15 is 0 Å². The minimum absolute atomic E-state index is 0.101. The number of hydrogen-bond donors (Lipinski definition) is 1. The van der Waals surface area contributed by atoms with Gasteiger partial charge in [0.25, 0.3) is 0 Å². The molecule has 23 heavy (non-hydrogen) atoms. The first-order chi connectivity index (χ1) is 11.1. The van der Waals surface area contributed by atoms with Crippen LogP contribution in [-0.2, 0) is 17.6 Å². The van der Waals surface area contributed by atoms with Crippen LogP contribution in [0.3, 0.4) is 0 Å². The van der Waals surface area contributed by atoms with Crippen LogP contribution < -0.4 is 5.32 Å². The first-order valence-corrected chi connectivity index (χ1v) is 8.07. The summed E-state index contributed by atoms with van der Waals surface area (Å²) >= 11 is 0. The summed E-state index contributed by atoms with van der Waals surface area (Å²) < 4.78 is 0.